The molecule has 3 aromatic rings. The molecule has 3 rings (SSSR count). The van der Waals surface area contributed by atoms with Gasteiger partial charge in [0.15, 0.2) is 0 Å². The number of sulfonamides is 1. The fraction of sp³-hybridized carbons (Fsp3) is 0. The van der Waals surface area contributed by atoms with Gasteiger partial charge in [-0.25, -0.2) is 27.9 Å². The highest BCUT2D eigenvalue weighted by Crippen LogP contribution is 2.22. The van der Waals surface area contributed by atoms with Gasteiger partial charge in [-0.15, -0.1) is 0 Å². The first-order valence-electron chi connectivity index (χ1n) is 6.91. The third-order valence-corrected chi connectivity index (χ3v) is 4.17. The van der Waals surface area contributed by atoms with E-state index < -0.39 is 10.0 Å². The number of anilines is 2. The Balaban J connectivity index is 1.86. The molecule has 0 aliphatic heterocycles. The molecule has 0 bridgehead atoms. The molecule has 0 saturated carbocycles. The van der Waals surface area contributed by atoms with E-state index in [0.29, 0.717) is 16.9 Å². The van der Waals surface area contributed by atoms with E-state index in [0.717, 1.165) is 0 Å². The van der Waals surface area contributed by atoms with Gasteiger partial charge in [-0.2, -0.15) is 0 Å². The second kappa shape index (κ2) is 6.34. The number of nitrogens with one attached hydrogen (secondary N) is 1. The summed E-state index contributed by atoms with van der Waals surface area (Å²) in [5.41, 5.74) is 1.38. The Morgan fingerprint density at radius 2 is 1.71 bits per heavy atom. The molecule has 24 heavy (non-hydrogen) atoms. The first kappa shape index (κ1) is 16.0. The number of hydrogen-bond acceptors (Lipinski definition) is 5. The lowest BCUT2D eigenvalue weighted by Crippen LogP contribution is -2.11. The number of benzene rings is 2. The number of rotatable bonds is 4. The summed E-state index contributed by atoms with van der Waals surface area (Å²) < 4.78 is 36.3. The smallest absolute Gasteiger partial charge is 0.238 e. The molecule has 1 heterocycles. The highest BCUT2D eigenvalue weighted by molar-refractivity contribution is 7.89. The maximum Gasteiger partial charge on any atom is 0.238 e. The van der Waals surface area contributed by atoms with E-state index in [1.165, 1.54) is 24.4 Å². The van der Waals surface area contributed by atoms with E-state index in [1.807, 2.05) is 0 Å². The number of primary sulfonamides is 1. The van der Waals surface area contributed by atoms with Crippen molar-refractivity contribution in [2.45, 2.75) is 4.90 Å². The van der Waals surface area contributed by atoms with Crippen molar-refractivity contribution in [2.75, 3.05) is 5.32 Å². The quantitative estimate of drug-likeness (QED) is 0.758. The summed E-state index contributed by atoms with van der Waals surface area (Å²) in [5, 5.41) is 7.98. The third-order valence-electron chi connectivity index (χ3n) is 3.24. The second-order valence-corrected chi connectivity index (χ2v) is 6.50. The predicted molar refractivity (Wildman–Crippen MR) is 88.5 cm³/mol. The van der Waals surface area contributed by atoms with Crippen LogP contribution in [-0.4, -0.2) is 18.4 Å². The van der Waals surface area contributed by atoms with Crippen LogP contribution in [0.5, 0.6) is 0 Å². The van der Waals surface area contributed by atoms with Crippen LogP contribution in [0.3, 0.4) is 0 Å². The van der Waals surface area contributed by atoms with Crippen LogP contribution in [0.1, 0.15) is 0 Å². The fourth-order valence-corrected chi connectivity index (χ4v) is 2.61. The molecule has 1 aromatic heterocycles. The van der Waals surface area contributed by atoms with Crippen LogP contribution in [0.15, 0.2) is 65.7 Å². The summed E-state index contributed by atoms with van der Waals surface area (Å²) in [6.07, 6.45) is 1.51. The lowest BCUT2D eigenvalue weighted by molar-refractivity contribution is 0.598. The largest absolute Gasteiger partial charge is 0.324 e. The number of hydrogen-bond donors (Lipinski definition) is 2. The average Bonchev–Trinajstić information content (AvgIpc) is 2.55. The number of nitrogens with zero attached hydrogens (tertiary/aromatic N) is 2. The topological polar surface area (TPSA) is 98.0 Å². The monoisotopic (exact) mass is 344 g/mol. The van der Waals surface area contributed by atoms with Crippen molar-refractivity contribution in [1.82, 2.24) is 9.97 Å². The number of aromatic nitrogens is 2. The van der Waals surface area contributed by atoms with Crippen molar-refractivity contribution in [2.24, 2.45) is 5.14 Å². The Morgan fingerprint density at radius 1 is 1.00 bits per heavy atom. The van der Waals surface area contributed by atoms with Gasteiger partial charge in [0.05, 0.1) is 10.6 Å². The first-order chi connectivity index (χ1) is 11.4. The van der Waals surface area contributed by atoms with E-state index in [4.69, 9.17) is 5.14 Å². The Labute approximate surface area is 138 Å². The highest BCUT2D eigenvalue weighted by atomic mass is 32.2. The summed E-state index contributed by atoms with van der Waals surface area (Å²) >= 11 is 0. The third kappa shape index (κ3) is 3.55. The zero-order valence-corrected chi connectivity index (χ0v) is 13.2. The molecule has 0 atom stereocenters. The minimum Gasteiger partial charge on any atom is -0.324 e. The molecule has 0 aliphatic rings. The molecular formula is C16H13FN4O2S. The molecule has 0 radical (unpaired) electrons. The molecule has 0 aliphatic carbocycles. The Kier molecular flexibility index (Phi) is 4.24. The van der Waals surface area contributed by atoms with Crippen molar-refractivity contribution in [3.8, 4) is 11.3 Å². The Hall–Kier alpha value is -2.84. The van der Waals surface area contributed by atoms with Gasteiger partial charge in [0, 0.05) is 17.4 Å². The van der Waals surface area contributed by atoms with Crippen molar-refractivity contribution in [3.05, 3.63) is 66.6 Å². The number of halogens is 1. The van der Waals surface area contributed by atoms with Gasteiger partial charge < -0.3 is 5.32 Å². The Bertz CT molecular complexity index is 975. The summed E-state index contributed by atoms with van der Waals surface area (Å²) in [5.74, 6) is -0.112. The fourth-order valence-electron chi connectivity index (χ4n) is 2.09. The molecule has 3 N–H and O–H groups in total. The molecule has 6 nitrogen and oxygen atoms in total. The maximum atomic E-state index is 13.8. The van der Waals surface area contributed by atoms with Crippen LogP contribution in [0.2, 0.25) is 0 Å². The van der Waals surface area contributed by atoms with Crippen LogP contribution >= 0.6 is 0 Å². The Morgan fingerprint density at radius 3 is 2.38 bits per heavy atom. The molecule has 0 saturated heterocycles. The van der Waals surface area contributed by atoms with Gasteiger partial charge in [0.2, 0.25) is 16.0 Å². The van der Waals surface area contributed by atoms with Crippen molar-refractivity contribution < 1.29 is 12.8 Å². The van der Waals surface area contributed by atoms with Gasteiger partial charge in [-0.3, -0.25) is 0 Å². The van der Waals surface area contributed by atoms with E-state index in [-0.39, 0.29) is 16.7 Å². The lowest BCUT2D eigenvalue weighted by Gasteiger charge is -2.07. The molecule has 0 spiro atoms. The van der Waals surface area contributed by atoms with E-state index >= 15 is 0 Å². The SMILES string of the molecule is NS(=O)(=O)c1ccc(Nc2nccc(-c3ccccc3F)n2)cc1. The van der Waals surface area contributed by atoms with Crippen LogP contribution in [0, 0.1) is 5.82 Å². The summed E-state index contributed by atoms with van der Waals surface area (Å²) in [6.45, 7) is 0. The van der Waals surface area contributed by atoms with Gasteiger partial charge in [-0.1, -0.05) is 12.1 Å². The molecule has 0 unspecified atom stereocenters. The zero-order valence-electron chi connectivity index (χ0n) is 12.3. The summed E-state index contributed by atoms with van der Waals surface area (Å²) in [4.78, 5) is 8.35. The molecule has 8 heteroatoms. The van der Waals surface area contributed by atoms with Gasteiger partial charge in [0.1, 0.15) is 5.82 Å². The standard InChI is InChI=1S/C16H13FN4O2S/c17-14-4-2-1-3-13(14)15-9-10-19-16(21-15)20-11-5-7-12(8-6-11)24(18,22)23/h1-10H,(H2,18,22,23)(H,19,20,21). The molecule has 122 valence electrons. The van der Waals surface area contributed by atoms with Crippen LogP contribution in [-0.2, 0) is 10.0 Å². The normalized spacial score (nSPS) is 11.2. The maximum absolute atomic E-state index is 13.8. The van der Waals surface area contributed by atoms with E-state index in [1.54, 1.807) is 36.4 Å². The van der Waals surface area contributed by atoms with E-state index in [2.05, 4.69) is 15.3 Å². The minimum absolute atomic E-state index is 0.00840. The van der Waals surface area contributed by atoms with Crippen LogP contribution < -0.4 is 10.5 Å². The van der Waals surface area contributed by atoms with Crippen molar-refractivity contribution >= 4 is 21.7 Å². The van der Waals surface area contributed by atoms with Crippen LogP contribution in [0.25, 0.3) is 11.3 Å². The van der Waals surface area contributed by atoms with Gasteiger partial charge in [0.25, 0.3) is 0 Å². The highest BCUT2D eigenvalue weighted by Gasteiger charge is 2.09. The predicted octanol–water partition coefficient (Wildman–Crippen LogP) is 2.67. The van der Waals surface area contributed by atoms with E-state index in [9.17, 15) is 12.8 Å². The number of nitrogens with two attached hydrogens (primary N) is 1. The van der Waals surface area contributed by atoms with Gasteiger partial charge in [-0.05, 0) is 42.5 Å². The average molecular weight is 344 g/mol. The van der Waals surface area contributed by atoms with Crippen molar-refractivity contribution in [1.29, 1.82) is 0 Å². The first-order valence-corrected chi connectivity index (χ1v) is 8.46. The molecule has 2 aromatic carbocycles. The molecular weight excluding hydrogens is 331 g/mol. The summed E-state index contributed by atoms with van der Waals surface area (Å²) in [7, 11) is -3.74. The van der Waals surface area contributed by atoms with Crippen LogP contribution in [0.4, 0.5) is 16.0 Å². The lowest BCUT2D eigenvalue weighted by atomic mass is 10.1. The molecule has 0 amide bonds. The molecule has 0 fully saturated rings. The van der Waals surface area contributed by atoms with Gasteiger partial charge >= 0.3 is 0 Å². The van der Waals surface area contributed by atoms with Crippen molar-refractivity contribution in [3.63, 3.8) is 0 Å². The summed E-state index contributed by atoms with van der Waals surface area (Å²) in [6, 6.07) is 13.7. The zero-order chi connectivity index (χ0) is 17.2. The minimum atomic E-state index is -3.74. The second-order valence-electron chi connectivity index (χ2n) is 4.94.